The van der Waals surface area contributed by atoms with Crippen molar-refractivity contribution in [3.8, 4) is 5.75 Å². The van der Waals surface area contributed by atoms with Crippen LogP contribution in [0, 0.1) is 0 Å². The zero-order valence-electron chi connectivity index (χ0n) is 14.1. The monoisotopic (exact) mass is 333 g/mol. The molecule has 1 atom stereocenters. The summed E-state index contributed by atoms with van der Waals surface area (Å²) in [5.41, 5.74) is 3.53. The molecular weight excluding hydrogens is 310 g/mol. The Hall–Kier alpha value is -1.52. The molecular formula is C18H24ClN3O. The van der Waals surface area contributed by atoms with Crippen LogP contribution in [-0.2, 0) is 20.0 Å². The molecule has 1 aliphatic rings. The van der Waals surface area contributed by atoms with Gasteiger partial charge in [0.25, 0.3) is 0 Å². The number of ether oxygens (including phenoxy) is 1. The van der Waals surface area contributed by atoms with Crippen LogP contribution in [0.5, 0.6) is 5.75 Å². The van der Waals surface area contributed by atoms with E-state index in [9.17, 15) is 0 Å². The second-order valence-electron chi connectivity index (χ2n) is 6.06. The Morgan fingerprint density at radius 1 is 1.35 bits per heavy atom. The van der Waals surface area contributed by atoms with Gasteiger partial charge < -0.3 is 4.74 Å². The lowest BCUT2D eigenvalue weighted by Gasteiger charge is -2.26. The highest BCUT2D eigenvalue weighted by Gasteiger charge is 2.29. The van der Waals surface area contributed by atoms with Crippen LogP contribution in [0.25, 0.3) is 0 Å². The molecule has 23 heavy (non-hydrogen) atoms. The van der Waals surface area contributed by atoms with Gasteiger partial charge >= 0.3 is 0 Å². The van der Waals surface area contributed by atoms with Crippen molar-refractivity contribution in [2.24, 2.45) is 7.05 Å². The van der Waals surface area contributed by atoms with Gasteiger partial charge in [-0.15, -0.1) is 0 Å². The summed E-state index contributed by atoms with van der Waals surface area (Å²) in [4.78, 5) is 2.50. The molecule has 124 valence electrons. The van der Waals surface area contributed by atoms with E-state index in [-0.39, 0.29) is 0 Å². The maximum Gasteiger partial charge on any atom is 0.131 e. The van der Waals surface area contributed by atoms with Gasteiger partial charge in [-0.25, -0.2) is 0 Å². The standard InChI is InChI=1S/C18H24ClN3O/c1-4-15-14(18(19)21(2)20-15)12-22-11-7-9-16(22)13-8-5-6-10-17(13)23-3/h5-6,8,10,16H,4,7,9,11-12H2,1-3H3/t16-/m1/s1. The largest absolute Gasteiger partial charge is 0.496 e. The van der Waals surface area contributed by atoms with Crippen LogP contribution in [0.15, 0.2) is 24.3 Å². The smallest absolute Gasteiger partial charge is 0.131 e. The molecule has 0 radical (unpaired) electrons. The number of methoxy groups -OCH3 is 1. The predicted molar refractivity (Wildman–Crippen MR) is 93.0 cm³/mol. The number of hydrogen-bond acceptors (Lipinski definition) is 3. The van der Waals surface area contributed by atoms with Crippen molar-refractivity contribution in [3.05, 3.63) is 46.2 Å². The lowest BCUT2D eigenvalue weighted by molar-refractivity contribution is 0.242. The van der Waals surface area contributed by atoms with E-state index in [1.807, 2.05) is 19.2 Å². The highest BCUT2D eigenvalue weighted by atomic mass is 35.5. The summed E-state index contributed by atoms with van der Waals surface area (Å²) < 4.78 is 7.34. The fourth-order valence-corrected chi connectivity index (χ4v) is 3.76. The number of halogens is 1. The van der Waals surface area contributed by atoms with E-state index in [1.165, 1.54) is 17.5 Å². The molecule has 1 aromatic heterocycles. The van der Waals surface area contributed by atoms with E-state index in [1.54, 1.807) is 11.8 Å². The second kappa shape index (κ2) is 6.93. The molecule has 0 N–H and O–H groups in total. The fourth-order valence-electron chi connectivity index (χ4n) is 3.55. The summed E-state index contributed by atoms with van der Waals surface area (Å²) in [5.74, 6) is 0.970. The first-order valence-electron chi connectivity index (χ1n) is 8.22. The topological polar surface area (TPSA) is 30.3 Å². The first-order chi connectivity index (χ1) is 11.2. The molecule has 2 heterocycles. The Bertz CT molecular complexity index is 683. The molecule has 0 aliphatic carbocycles. The maximum absolute atomic E-state index is 6.47. The third-order valence-corrected chi connectivity index (χ3v) is 5.18. The average molecular weight is 334 g/mol. The van der Waals surface area contributed by atoms with Gasteiger partial charge in [-0.05, 0) is 31.9 Å². The fraction of sp³-hybridized carbons (Fsp3) is 0.500. The van der Waals surface area contributed by atoms with Gasteiger partial charge in [0.1, 0.15) is 10.9 Å². The highest BCUT2D eigenvalue weighted by Crippen LogP contribution is 2.38. The van der Waals surface area contributed by atoms with Crippen LogP contribution in [0.4, 0.5) is 0 Å². The Kier molecular flexibility index (Phi) is 4.93. The number of hydrogen-bond donors (Lipinski definition) is 0. The summed E-state index contributed by atoms with van der Waals surface area (Å²) in [7, 11) is 3.65. The number of benzene rings is 1. The summed E-state index contributed by atoms with van der Waals surface area (Å²) in [6.45, 7) is 4.06. The molecule has 1 aliphatic heterocycles. The van der Waals surface area contributed by atoms with Gasteiger partial charge in [0.05, 0.1) is 12.8 Å². The van der Waals surface area contributed by atoms with Crippen molar-refractivity contribution in [2.75, 3.05) is 13.7 Å². The molecule has 0 spiro atoms. The Labute approximate surface area is 143 Å². The quantitative estimate of drug-likeness (QED) is 0.829. The number of likely N-dealkylation sites (tertiary alicyclic amines) is 1. The van der Waals surface area contributed by atoms with Crippen LogP contribution in [0.1, 0.15) is 42.6 Å². The zero-order valence-corrected chi connectivity index (χ0v) is 14.8. The SMILES string of the molecule is CCc1nn(C)c(Cl)c1CN1CCC[C@@H]1c1ccccc1OC. The summed E-state index contributed by atoms with van der Waals surface area (Å²) in [5, 5.41) is 5.29. The average Bonchev–Trinajstić information content (AvgIpc) is 3.14. The summed E-state index contributed by atoms with van der Waals surface area (Å²) >= 11 is 6.47. The second-order valence-corrected chi connectivity index (χ2v) is 6.42. The maximum atomic E-state index is 6.47. The Morgan fingerprint density at radius 3 is 2.87 bits per heavy atom. The molecule has 0 saturated carbocycles. The predicted octanol–water partition coefficient (Wildman–Crippen LogP) is 3.98. The first kappa shape index (κ1) is 16.3. The molecule has 1 saturated heterocycles. The van der Waals surface area contributed by atoms with E-state index in [0.29, 0.717) is 6.04 Å². The Morgan fingerprint density at radius 2 is 2.13 bits per heavy atom. The van der Waals surface area contributed by atoms with E-state index in [4.69, 9.17) is 16.3 Å². The summed E-state index contributed by atoms with van der Waals surface area (Å²) in [6, 6.07) is 8.71. The zero-order chi connectivity index (χ0) is 16.4. The minimum atomic E-state index is 0.382. The molecule has 2 aromatic rings. The normalized spacial score (nSPS) is 18.5. The van der Waals surface area contributed by atoms with E-state index >= 15 is 0 Å². The molecule has 4 nitrogen and oxygen atoms in total. The first-order valence-corrected chi connectivity index (χ1v) is 8.60. The van der Waals surface area contributed by atoms with Crippen molar-refractivity contribution in [1.29, 1.82) is 0 Å². The van der Waals surface area contributed by atoms with Gasteiger partial charge in [0, 0.05) is 30.8 Å². The van der Waals surface area contributed by atoms with Crippen LogP contribution in [-0.4, -0.2) is 28.3 Å². The van der Waals surface area contributed by atoms with Crippen molar-refractivity contribution in [3.63, 3.8) is 0 Å². The highest BCUT2D eigenvalue weighted by molar-refractivity contribution is 6.30. The minimum absolute atomic E-state index is 0.382. The number of aromatic nitrogens is 2. The number of rotatable bonds is 5. The third-order valence-electron chi connectivity index (χ3n) is 4.71. The van der Waals surface area contributed by atoms with Crippen LogP contribution >= 0.6 is 11.6 Å². The van der Waals surface area contributed by atoms with Gasteiger partial charge in [-0.3, -0.25) is 9.58 Å². The van der Waals surface area contributed by atoms with Crippen molar-refractivity contribution in [1.82, 2.24) is 14.7 Å². The summed E-state index contributed by atoms with van der Waals surface area (Å²) in [6.07, 6.45) is 3.25. The van der Waals surface area contributed by atoms with Gasteiger partial charge in [0.2, 0.25) is 0 Å². The molecule has 0 bridgehead atoms. The number of aryl methyl sites for hydroxylation is 2. The van der Waals surface area contributed by atoms with Gasteiger partial charge in [0.15, 0.2) is 0 Å². The van der Waals surface area contributed by atoms with E-state index in [0.717, 1.165) is 42.5 Å². The molecule has 0 amide bonds. The number of para-hydroxylation sites is 1. The minimum Gasteiger partial charge on any atom is -0.496 e. The molecule has 3 rings (SSSR count). The van der Waals surface area contributed by atoms with E-state index < -0.39 is 0 Å². The van der Waals surface area contributed by atoms with Crippen LogP contribution in [0.3, 0.4) is 0 Å². The molecule has 0 unspecified atom stereocenters. The molecule has 1 fully saturated rings. The van der Waals surface area contributed by atoms with Crippen LogP contribution in [0.2, 0.25) is 5.15 Å². The Balaban J connectivity index is 1.88. The van der Waals surface area contributed by atoms with Crippen LogP contribution < -0.4 is 4.74 Å². The van der Waals surface area contributed by atoms with Gasteiger partial charge in [-0.2, -0.15) is 5.10 Å². The van der Waals surface area contributed by atoms with Crippen molar-refractivity contribution >= 4 is 11.6 Å². The molecule has 1 aromatic carbocycles. The third kappa shape index (κ3) is 3.10. The van der Waals surface area contributed by atoms with Gasteiger partial charge in [-0.1, -0.05) is 36.7 Å². The lowest BCUT2D eigenvalue weighted by atomic mass is 10.0. The van der Waals surface area contributed by atoms with E-state index in [2.05, 4.69) is 29.1 Å². The van der Waals surface area contributed by atoms with Crippen molar-refractivity contribution in [2.45, 2.75) is 38.8 Å². The number of nitrogens with zero attached hydrogens (tertiary/aromatic N) is 3. The van der Waals surface area contributed by atoms with Crippen molar-refractivity contribution < 1.29 is 4.74 Å². The molecule has 5 heteroatoms. The lowest BCUT2D eigenvalue weighted by Crippen LogP contribution is -2.23.